The number of pyridine rings is 1. The van der Waals surface area contributed by atoms with Crippen LogP contribution in [0.3, 0.4) is 0 Å². The third kappa shape index (κ3) is 5.32. The van der Waals surface area contributed by atoms with Gasteiger partial charge in [0.1, 0.15) is 10.8 Å². The zero-order valence-corrected chi connectivity index (χ0v) is 19.5. The zero-order valence-electron chi connectivity index (χ0n) is 18.7. The molecule has 0 bridgehead atoms. The van der Waals surface area contributed by atoms with E-state index in [2.05, 4.69) is 62.4 Å². The highest BCUT2D eigenvalue weighted by molar-refractivity contribution is 6.31. The standard InChI is InChI=1S/C27H29ClN4O/c28-25-8-5-14-29-27(25)33-23-12-10-22(11-13-23)32-18-16-31(17-19-32)15-4-3-6-21-20-30-26-9-2-1-7-24(21)26/h1-2,5,7-14,20,30H,3-4,6,15-19H2. The monoisotopic (exact) mass is 460 g/mol. The molecule has 0 radical (unpaired) electrons. The molecule has 1 N–H and O–H groups in total. The van der Waals surface area contributed by atoms with E-state index in [4.69, 9.17) is 16.3 Å². The molecular weight excluding hydrogens is 432 g/mol. The van der Waals surface area contributed by atoms with Gasteiger partial charge in [-0.15, -0.1) is 0 Å². The van der Waals surface area contributed by atoms with Gasteiger partial charge in [-0.2, -0.15) is 0 Å². The molecule has 0 saturated carbocycles. The summed E-state index contributed by atoms with van der Waals surface area (Å²) >= 11 is 6.13. The average molecular weight is 461 g/mol. The van der Waals surface area contributed by atoms with Crippen LogP contribution in [0.1, 0.15) is 18.4 Å². The number of ether oxygens (including phenoxy) is 1. The number of aromatic amines is 1. The SMILES string of the molecule is Clc1cccnc1Oc1ccc(N2CCN(CCCCc3c[nH]c4ccccc34)CC2)cc1. The largest absolute Gasteiger partial charge is 0.438 e. The number of hydrogen-bond acceptors (Lipinski definition) is 4. The maximum Gasteiger partial charge on any atom is 0.238 e. The van der Waals surface area contributed by atoms with Gasteiger partial charge >= 0.3 is 0 Å². The fourth-order valence-corrected chi connectivity index (χ4v) is 4.66. The van der Waals surface area contributed by atoms with E-state index in [0.29, 0.717) is 10.9 Å². The molecule has 1 aliphatic rings. The maximum absolute atomic E-state index is 6.13. The predicted octanol–water partition coefficient (Wildman–Crippen LogP) is 6.15. The quantitative estimate of drug-likeness (QED) is 0.320. The van der Waals surface area contributed by atoms with Crippen LogP contribution in [0.25, 0.3) is 10.9 Å². The maximum atomic E-state index is 6.13. The van der Waals surface area contributed by atoms with E-state index in [-0.39, 0.29) is 0 Å². The summed E-state index contributed by atoms with van der Waals surface area (Å²) in [6, 6.07) is 20.3. The van der Waals surface area contributed by atoms with Gasteiger partial charge in [0.2, 0.25) is 5.88 Å². The molecule has 2 aromatic carbocycles. The summed E-state index contributed by atoms with van der Waals surface area (Å²) in [5.74, 6) is 1.18. The van der Waals surface area contributed by atoms with E-state index in [1.54, 1.807) is 18.3 Å². The molecule has 0 unspecified atom stereocenters. The Kier molecular flexibility index (Phi) is 6.79. The number of halogens is 1. The minimum atomic E-state index is 0.435. The number of aromatic nitrogens is 2. The number of unbranched alkanes of at least 4 members (excludes halogenated alkanes) is 1. The van der Waals surface area contributed by atoms with Gasteiger partial charge in [-0.3, -0.25) is 4.90 Å². The van der Waals surface area contributed by atoms with Gasteiger partial charge in [0.25, 0.3) is 0 Å². The molecule has 0 aliphatic carbocycles. The van der Waals surface area contributed by atoms with Crippen molar-refractivity contribution in [2.24, 2.45) is 0 Å². The van der Waals surface area contributed by atoms with Crippen molar-refractivity contribution in [3.8, 4) is 11.6 Å². The Balaban J connectivity index is 1.05. The lowest BCUT2D eigenvalue weighted by atomic mass is 10.1. The minimum Gasteiger partial charge on any atom is -0.438 e. The Hall–Kier alpha value is -3.02. The van der Waals surface area contributed by atoms with Gasteiger partial charge in [0.15, 0.2) is 0 Å². The predicted molar refractivity (Wildman–Crippen MR) is 136 cm³/mol. The first-order chi connectivity index (χ1) is 16.3. The molecule has 5 rings (SSSR count). The molecule has 1 saturated heterocycles. The highest BCUT2D eigenvalue weighted by Crippen LogP contribution is 2.28. The summed E-state index contributed by atoms with van der Waals surface area (Å²) in [5, 5.41) is 1.88. The molecule has 4 aromatic rings. The molecule has 6 heteroatoms. The normalized spacial score (nSPS) is 14.6. The number of hydrogen-bond donors (Lipinski definition) is 1. The Morgan fingerprint density at radius 1 is 0.909 bits per heavy atom. The van der Waals surface area contributed by atoms with Crippen LogP contribution in [-0.4, -0.2) is 47.6 Å². The first-order valence-corrected chi connectivity index (χ1v) is 12.0. The minimum absolute atomic E-state index is 0.435. The summed E-state index contributed by atoms with van der Waals surface area (Å²) in [6.07, 6.45) is 7.45. The van der Waals surface area contributed by atoms with Crippen LogP contribution in [0, 0.1) is 0 Å². The molecule has 0 atom stereocenters. The molecule has 1 aliphatic heterocycles. The fourth-order valence-electron chi connectivity index (χ4n) is 4.50. The molecule has 33 heavy (non-hydrogen) atoms. The number of fused-ring (bicyclic) bond motifs is 1. The summed E-state index contributed by atoms with van der Waals surface area (Å²) in [5.41, 5.74) is 3.91. The van der Waals surface area contributed by atoms with Crippen molar-refractivity contribution in [3.63, 3.8) is 0 Å². The van der Waals surface area contributed by atoms with Gasteiger partial charge in [0.05, 0.1) is 0 Å². The topological polar surface area (TPSA) is 44.4 Å². The summed E-state index contributed by atoms with van der Waals surface area (Å²) in [4.78, 5) is 12.6. The molecular formula is C27H29ClN4O. The van der Waals surface area contributed by atoms with Crippen molar-refractivity contribution >= 4 is 28.2 Å². The highest BCUT2D eigenvalue weighted by Gasteiger charge is 2.17. The van der Waals surface area contributed by atoms with Crippen LogP contribution >= 0.6 is 11.6 Å². The van der Waals surface area contributed by atoms with E-state index >= 15 is 0 Å². The number of para-hydroxylation sites is 1. The van der Waals surface area contributed by atoms with Crippen molar-refractivity contribution < 1.29 is 4.74 Å². The third-order valence-corrected chi connectivity index (χ3v) is 6.65. The number of nitrogens with zero attached hydrogens (tertiary/aromatic N) is 3. The summed E-state index contributed by atoms with van der Waals surface area (Å²) in [6.45, 7) is 5.49. The van der Waals surface area contributed by atoms with Gasteiger partial charge in [-0.1, -0.05) is 29.8 Å². The van der Waals surface area contributed by atoms with E-state index in [1.165, 1.54) is 41.5 Å². The number of piperazine rings is 1. The molecule has 0 amide bonds. The van der Waals surface area contributed by atoms with E-state index < -0.39 is 0 Å². The van der Waals surface area contributed by atoms with Crippen LogP contribution in [0.5, 0.6) is 11.6 Å². The number of rotatable bonds is 8. The van der Waals surface area contributed by atoms with Gasteiger partial charge in [-0.25, -0.2) is 4.98 Å². The zero-order chi connectivity index (χ0) is 22.5. The average Bonchev–Trinajstić information content (AvgIpc) is 3.27. The van der Waals surface area contributed by atoms with E-state index in [9.17, 15) is 0 Å². The van der Waals surface area contributed by atoms with Crippen LogP contribution in [0.4, 0.5) is 5.69 Å². The van der Waals surface area contributed by atoms with Crippen molar-refractivity contribution in [1.82, 2.24) is 14.9 Å². The molecule has 170 valence electrons. The number of nitrogens with one attached hydrogen (secondary N) is 1. The Morgan fingerprint density at radius 2 is 1.73 bits per heavy atom. The lowest BCUT2D eigenvalue weighted by molar-refractivity contribution is 0.253. The Morgan fingerprint density at radius 3 is 2.55 bits per heavy atom. The molecule has 2 aromatic heterocycles. The van der Waals surface area contributed by atoms with Crippen molar-refractivity contribution in [2.45, 2.75) is 19.3 Å². The first kappa shape index (κ1) is 21.8. The van der Waals surface area contributed by atoms with Crippen LogP contribution in [-0.2, 0) is 6.42 Å². The Bertz CT molecular complexity index is 1180. The number of aryl methyl sites for hydroxylation is 1. The number of H-pyrrole nitrogens is 1. The molecule has 0 spiro atoms. The lowest BCUT2D eigenvalue weighted by Crippen LogP contribution is -2.46. The van der Waals surface area contributed by atoms with E-state index in [1.807, 2.05) is 12.1 Å². The summed E-state index contributed by atoms with van der Waals surface area (Å²) in [7, 11) is 0. The summed E-state index contributed by atoms with van der Waals surface area (Å²) < 4.78 is 5.80. The van der Waals surface area contributed by atoms with Crippen molar-refractivity contribution in [1.29, 1.82) is 0 Å². The van der Waals surface area contributed by atoms with Crippen molar-refractivity contribution in [2.75, 3.05) is 37.6 Å². The van der Waals surface area contributed by atoms with Crippen LogP contribution in [0.15, 0.2) is 73.1 Å². The first-order valence-electron chi connectivity index (χ1n) is 11.7. The lowest BCUT2D eigenvalue weighted by Gasteiger charge is -2.36. The van der Waals surface area contributed by atoms with E-state index in [0.717, 1.165) is 38.3 Å². The van der Waals surface area contributed by atoms with Crippen molar-refractivity contribution in [3.05, 3.63) is 83.6 Å². The second-order valence-corrected chi connectivity index (χ2v) is 8.94. The highest BCUT2D eigenvalue weighted by atomic mass is 35.5. The van der Waals surface area contributed by atoms with Gasteiger partial charge in [0, 0.05) is 55.2 Å². The van der Waals surface area contributed by atoms with Gasteiger partial charge < -0.3 is 14.6 Å². The second-order valence-electron chi connectivity index (χ2n) is 8.53. The van der Waals surface area contributed by atoms with Crippen LogP contribution in [0.2, 0.25) is 5.02 Å². The molecule has 3 heterocycles. The Labute approximate surface area is 200 Å². The molecule has 5 nitrogen and oxygen atoms in total. The third-order valence-electron chi connectivity index (χ3n) is 6.36. The second kappa shape index (κ2) is 10.3. The fraction of sp³-hybridized carbons (Fsp3) is 0.296. The van der Waals surface area contributed by atoms with Crippen LogP contribution < -0.4 is 9.64 Å². The number of anilines is 1. The smallest absolute Gasteiger partial charge is 0.238 e. The van der Waals surface area contributed by atoms with Gasteiger partial charge in [-0.05, 0) is 73.8 Å². The molecule has 1 fully saturated rings. The number of benzene rings is 2.